The molecule has 0 saturated carbocycles. The molecule has 2 N–H and O–H groups in total. The number of hydrogen-bond donors (Lipinski definition) is 1. The minimum Gasteiger partial charge on any atom is -0.870 e. The molecule has 0 aliphatic carbocycles. The average molecular weight is 661 g/mol. The van der Waals surface area contributed by atoms with Crippen molar-refractivity contribution >= 4 is 24.3 Å². The van der Waals surface area contributed by atoms with Gasteiger partial charge < -0.3 is 15.3 Å². The minimum atomic E-state index is -4.98. The van der Waals surface area contributed by atoms with Crippen LogP contribution in [0.15, 0.2) is 61.2 Å². The van der Waals surface area contributed by atoms with Crippen LogP contribution in [0.1, 0.15) is 36.1 Å². The van der Waals surface area contributed by atoms with Gasteiger partial charge in [0, 0.05) is 35.7 Å². The fourth-order valence-electron chi connectivity index (χ4n) is 3.69. The molecule has 0 aliphatic heterocycles. The van der Waals surface area contributed by atoms with Gasteiger partial charge >= 0.3 is 43.2 Å². The van der Waals surface area contributed by atoms with E-state index in [0.717, 1.165) is 33.9 Å². The largest absolute Gasteiger partial charge is 1.00 e. The van der Waals surface area contributed by atoms with Gasteiger partial charge in [0.2, 0.25) is 0 Å². The molecule has 0 unspecified atom stereocenters. The molecule has 0 bridgehead atoms. The second-order valence-corrected chi connectivity index (χ2v) is 9.72. The van der Waals surface area contributed by atoms with Gasteiger partial charge in [0.1, 0.15) is 12.7 Å². The Labute approximate surface area is 276 Å². The molecule has 0 fully saturated rings. The molecular formula is C29H27F6LiN6O5. The molecule has 4 rings (SSSR count). The van der Waals surface area contributed by atoms with Crippen molar-refractivity contribution in [2.75, 3.05) is 0 Å². The molecule has 0 spiro atoms. The standard InChI is InChI=1S/C16H19N3O2.C13H7F6N3O2.Li.H2O/c1-11(2)21-15(20)5-6-19-10-17-16(18-19)14-8-12(3)7-13(4)9-14;14-12(15,16)8-3-7(4-9(5-8)13(17,18)19)11-20-6-22(21-11)2-1-10(23)24;;/h5-11H,1-4H3;1-6H,(H,23,24);;1H2/q;;+1;/p-1/b6-5+;2-1+;;. The maximum Gasteiger partial charge on any atom is 1.00 e. The summed E-state index contributed by atoms with van der Waals surface area (Å²) in [7, 11) is 0. The van der Waals surface area contributed by atoms with E-state index in [4.69, 9.17) is 9.84 Å². The average Bonchev–Trinajstić information content (AvgIpc) is 3.59. The zero-order valence-corrected chi connectivity index (χ0v) is 25.6. The number of ether oxygens (including phenoxy) is 1. The summed E-state index contributed by atoms with van der Waals surface area (Å²) in [4.78, 5) is 29.6. The van der Waals surface area contributed by atoms with Gasteiger partial charge in [-0.05, 0) is 58.0 Å². The number of aliphatic carboxylic acids is 1. The molecule has 0 amide bonds. The quantitative estimate of drug-likeness (QED) is 0.136. The number of hydrogen-bond acceptors (Lipinski definition) is 8. The Balaban J connectivity index is 0.000000454. The molecule has 11 nitrogen and oxygen atoms in total. The smallest absolute Gasteiger partial charge is 0.870 e. The number of aromatic nitrogens is 6. The minimum absolute atomic E-state index is 0. The van der Waals surface area contributed by atoms with E-state index < -0.39 is 46.8 Å². The van der Waals surface area contributed by atoms with Crippen molar-refractivity contribution < 1.29 is 70.1 Å². The van der Waals surface area contributed by atoms with Crippen molar-refractivity contribution in [3.63, 3.8) is 0 Å². The number of carboxylic acid groups (broad SMARTS) is 1. The topological polar surface area (TPSA) is 155 Å². The van der Waals surface area contributed by atoms with Crippen molar-refractivity contribution in [2.24, 2.45) is 0 Å². The summed E-state index contributed by atoms with van der Waals surface area (Å²) in [5.41, 5.74) is -0.201. The van der Waals surface area contributed by atoms with Crippen LogP contribution in [-0.4, -0.2) is 58.2 Å². The van der Waals surface area contributed by atoms with Crippen molar-refractivity contribution in [1.82, 2.24) is 29.5 Å². The fourth-order valence-corrected chi connectivity index (χ4v) is 3.69. The Morgan fingerprint density at radius 3 is 1.60 bits per heavy atom. The van der Waals surface area contributed by atoms with Crippen LogP contribution in [0.5, 0.6) is 0 Å². The summed E-state index contributed by atoms with van der Waals surface area (Å²) in [6, 6.07) is 7.12. The first-order valence-electron chi connectivity index (χ1n) is 12.9. The van der Waals surface area contributed by atoms with Crippen LogP contribution in [0.4, 0.5) is 26.3 Å². The maximum absolute atomic E-state index is 12.8. The second kappa shape index (κ2) is 16.7. The number of carbonyl (C=O) groups excluding carboxylic acids is 1. The molecule has 0 saturated heterocycles. The normalized spacial score (nSPS) is 11.6. The number of halogens is 6. The third-order valence-corrected chi connectivity index (χ3v) is 5.43. The molecule has 4 aromatic rings. The van der Waals surface area contributed by atoms with E-state index in [1.807, 2.05) is 26.0 Å². The van der Waals surface area contributed by atoms with E-state index in [2.05, 4.69) is 26.2 Å². The number of alkyl halides is 6. The van der Waals surface area contributed by atoms with E-state index in [9.17, 15) is 35.9 Å². The molecule has 2 heterocycles. The summed E-state index contributed by atoms with van der Waals surface area (Å²) in [5.74, 6) is -1.50. The van der Waals surface area contributed by atoms with E-state index in [1.165, 1.54) is 17.0 Å². The third kappa shape index (κ3) is 12.5. The SMILES string of the molecule is Cc1cc(C)cc(-c2ncn(/C=C/C(=O)OC(C)C)n2)c1.O=C(O)/C=C/n1cnc(-c2cc(C(F)(F)F)cc(C(F)(F)F)c2)n1.[Li+].[OH-]. The van der Waals surface area contributed by atoms with E-state index in [-0.39, 0.29) is 36.5 Å². The summed E-state index contributed by atoms with van der Waals surface area (Å²) >= 11 is 0. The summed E-state index contributed by atoms with van der Waals surface area (Å²) in [6.07, 6.45) is -3.13. The number of esters is 1. The summed E-state index contributed by atoms with van der Waals surface area (Å²) in [6.45, 7) is 7.68. The fraction of sp³-hybridized carbons (Fsp3) is 0.241. The van der Waals surface area contributed by atoms with Gasteiger partial charge in [-0.25, -0.2) is 28.9 Å². The van der Waals surface area contributed by atoms with Crippen LogP contribution in [-0.2, 0) is 26.7 Å². The number of nitrogens with zero attached hydrogens (tertiary/aromatic N) is 6. The van der Waals surface area contributed by atoms with Crippen LogP contribution >= 0.6 is 0 Å². The Bertz CT molecular complexity index is 1680. The van der Waals surface area contributed by atoms with Crippen molar-refractivity contribution in [3.05, 3.63) is 83.5 Å². The van der Waals surface area contributed by atoms with E-state index in [0.29, 0.717) is 24.0 Å². The number of carboxylic acids is 1. The van der Waals surface area contributed by atoms with Crippen LogP contribution < -0.4 is 18.9 Å². The molecule has 0 atom stereocenters. The van der Waals surface area contributed by atoms with Crippen molar-refractivity contribution in [2.45, 2.75) is 46.2 Å². The number of rotatable bonds is 7. The molecule has 0 aliphatic rings. The van der Waals surface area contributed by atoms with Gasteiger partial charge in [0.15, 0.2) is 11.6 Å². The predicted octanol–water partition coefficient (Wildman–Crippen LogP) is 3.35. The maximum atomic E-state index is 12.8. The Kier molecular flexibility index (Phi) is 14.3. The molecule has 47 heavy (non-hydrogen) atoms. The second-order valence-electron chi connectivity index (χ2n) is 9.72. The van der Waals surface area contributed by atoms with Gasteiger partial charge in [0.25, 0.3) is 0 Å². The van der Waals surface area contributed by atoms with Crippen LogP contribution in [0.2, 0.25) is 0 Å². The summed E-state index contributed by atoms with van der Waals surface area (Å²) in [5, 5.41) is 16.4. The first kappa shape index (κ1) is 40.3. The Hall–Kier alpha value is -4.72. The monoisotopic (exact) mass is 660 g/mol. The van der Waals surface area contributed by atoms with E-state index >= 15 is 0 Å². The number of benzene rings is 2. The van der Waals surface area contributed by atoms with Crippen molar-refractivity contribution in [3.8, 4) is 22.8 Å². The predicted molar refractivity (Wildman–Crippen MR) is 152 cm³/mol. The van der Waals surface area contributed by atoms with Gasteiger partial charge in [-0.3, -0.25) is 0 Å². The van der Waals surface area contributed by atoms with Gasteiger partial charge in [-0.1, -0.05) is 17.2 Å². The Morgan fingerprint density at radius 2 is 1.19 bits per heavy atom. The third-order valence-electron chi connectivity index (χ3n) is 5.43. The molecule has 2 aromatic carbocycles. The number of carbonyl (C=O) groups is 2. The zero-order chi connectivity index (χ0) is 33.5. The molecule has 2 aromatic heterocycles. The van der Waals surface area contributed by atoms with Crippen LogP contribution in [0.25, 0.3) is 35.2 Å². The molecular weight excluding hydrogens is 633 g/mol. The van der Waals surface area contributed by atoms with Gasteiger partial charge in [-0.15, -0.1) is 10.2 Å². The molecule has 246 valence electrons. The first-order valence-corrected chi connectivity index (χ1v) is 12.9. The summed E-state index contributed by atoms with van der Waals surface area (Å²) < 4.78 is 84.0. The first-order chi connectivity index (χ1) is 20.9. The van der Waals surface area contributed by atoms with Crippen LogP contribution in [0, 0.1) is 13.8 Å². The molecule has 0 radical (unpaired) electrons. The number of aryl methyl sites for hydroxylation is 2. The van der Waals surface area contributed by atoms with E-state index in [1.54, 1.807) is 20.2 Å². The van der Waals surface area contributed by atoms with Crippen LogP contribution in [0.3, 0.4) is 0 Å². The Morgan fingerprint density at radius 1 is 0.766 bits per heavy atom. The van der Waals surface area contributed by atoms with Crippen molar-refractivity contribution in [1.29, 1.82) is 0 Å². The zero-order valence-electron chi connectivity index (χ0n) is 25.6. The van der Waals surface area contributed by atoms with Gasteiger partial charge in [0.05, 0.1) is 17.2 Å². The van der Waals surface area contributed by atoms with Gasteiger partial charge in [-0.2, -0.15) is 26.3 Å². The molecule has 18 heteroatoms.